The van der Waals surface area contributed by atoms with E-state index in [4.69, 9.17) is 4.74 Å². The first-order valence-electron chi connectivity index (χ1n) is 5.85. The van der Waals surface area contributed by atoms with E-state index in [0.29, 0.717) is 12.8 Å². The summed E-state index contributed by atoms with van der Waals surface area (Å²) >= 11 is 0. The van der Waals surface area contributed by atoms with E-state index in [1.54, 1.807) is 6.92 Å². The Balaban J connectivity index is 2.38. The predicted octanol–water partition coefficient (Wildman–Crippen LogP) is 1.84. The third-order valence-corrected chi connectivity index (χ3v) is 3.68. The maximum Gasteiger partial charge on any atom is 0.136 e. The van der Waals surface area contributed by atoms with Crippen LogP contribution in [0.4, 0.5) is 0 Å². The highest BCUT2D eigenvalue weighted by Gasteiger charge is 2.50. The predicted molar refractivity (Wildman–Crippen MR) is 61.1 cm³/mol. The van der Waals surface area contributed by atoms with E-state index >= 15 is 0 Å². The van der Waals surface area contributed by atoms with Crippen molar-refractivity contribution in [1.29, 1.82) is 0 Å². The zero-order chi connectivity index (χ0) is 12.1. The number of Topliss-reactive ketones (excluding diaryl/α,β-unsaturated/α-hetero) is 1. The molecule has 1 N–H and O–H groups in total. The van der Waals surface area contributed by atoms with Crippen molar-refractivity contribution in [2.45, 2.75) is 58.3 Å². The number of carbonyl (C=O) groups excluding carboxylic acids is 1. The summed E-state index contributed by atoms with van der Waals surface area (Å²) < 4.78 is 5.86. The summed E-state index contributed by atoms with van der Waals surface area (Å²) in [6, 6.07) is 0. The number of aliphatic hydroxyl groups is 1. The van der Waals surface area contributed by atoms with Gasteiger partial charge in [0.1, 0.15) is 11.9 Å². The van der Waals surface area contributed by atoms with Gasteiger partial charge in [-0.15, -0.1) is 0 Å². The average molecular weight is 224 g/mol. The smallest absolute Gasteiger partial charge is 0.136 e. The largest absolute Gasteiger partial charge is 0.390 e. The van der Waals surface area contributed by atoms with E-state index in [2.05, 4.69) is 13.8 Å². The molecule has 0 aromatic rings. The Morgan fingerprint density at radius 2 is 2.06 bits per heavy atom. The van der Waals surface area contributed by atoms with Crippen molar-refractivity contribution in [3.8, 4) is 0 Å². The summed E-state index contributed by atoms with van der Waals surface area (Å²) in [5, 5.41) is 9.60. The highest BCUT2D eigenvalue weighted by Crippen LogP contribution is 2.50. The molecule has 0 spiro atoms. The monoisotopic (exact) mass is 224 g/mol. The van der Waals surface area contributed by atoms with Crippen LogP contribution in [0.3, 0.4) is 0 Å². The quantitative estimate of drug-likeness (QED) is 0.691. The highest BCUT2D eigenvalue weighted by molar-refractivity contribution is 5.83. The number of hydrogen-bond acceptors (Lipinski definition) is 3. The second-order valence-corrected chi connectivity index (χ2v) is 5.91. The molecular formula is C13H20O3. The lowest BCUT2D eigenvalue weighted by Gasteiger charge is -2.41. The summed E-state index contributed by atoms with van der Waals surface area (Å²) in [6.07, 6.45) is 2.22. The molecule has 3 unspecified atom stereocenters. The standard InChI is InChI=1S/C13H20O3/c1-8(14)10-5-11-12(2,3)6-9(15)7-13(11,4)16-10/h5,8,10,14H,6-7H2,1-4H3. The minimum Gasteiger partial charge on any atom is -0.390 e. The summed E-state index contributed by atoms with van der Waals surface area (Å²) in [4.78, 5) is 11.7. The van der Waals surface area contributed by atoms with Crippen molar-refractivity contribution in [2.75, 3.05) is 0 Å². The summed E-state index contributed by atoms with van der Waals surface area (Å²) in [5.74, 6) is 0.246. The summed E-state index contributed by atoms with van der Waals surface area (Å²) in [6.45, 7) is 7.82. The molecule has 0 amide bonds. The molecular weight excluding hydrogens is 204 g/mol. The van der Waals surface area contributed by atoms with E-state index < -0.39 is 11.7 Å². The van der Waals surface area contributed by atoms with Crippen molar-refractivity contribution in [1.82, 2.24) is 0 Å². The van der Waals surface area contributed by atoms with Crippen LogP contribution in [0, 0.1) is 5.41 Å². The van der Waals surface area contributed by atoms with E-state index in [1.165, 1.54) is 5.57 Å². The van der Waals surface area contributed by atoms with Gasteiger partial charge in [-0.3, -0.25) is 4.79 Å². The van der Waals surface area contributed by atoms with E-state index in [9.17, 15) is 9.90 Å². The first-order chi connectivity index (χ1) is 7.24. The first-order valence-corrected chi connectivity index (χ1v) is 5.85. The molecule has 0 saturated heterocycles. The van der Waals surface area contributed by atoms with Gasteiger partial charge in [-0.1, -0.05) is 19.9 Å². The average Bonchev–Trinajstić information content (AvgIpc) is 2.41. The van der Waals surface area contributed by atoms with Gasteiger partial charge in [-0.2, -0.15) is 0 Å². The maximum absolute atomic E-state index is 11.7. The summed E-state index contributed by atoms with van der Waals surface area (Å²) in [5.41, 5.74) is 0.527. The molecule has 2 rings (SSSR count). The molecule has 3 nitrogen and oxygen atoms in total. The van der Waals surface area contributed by atoms with Crippen molar-refractivity contribution in [3.63, 3.8) is 0 Å². The van der Waals surface area contributed by atoms with Crippen LogP contribution >= 0.6 is 0 Å². The number of ether oxygens (including phenoxy) is 1. The van der Waals surface area contributed by atoms with Crippen LogP contribution in [0.5, 0.6) is 0 Å². The minimum atomic E-state index is -0.527. The van der Waals surface area contributed by atoms with Crippen LogP contribution in [-0.2, 0) is 9.53 Å². The molecule has 0 aromatic carbocycles. The molecule has 3 atom stereocenters. The van der Waals surface area contributed by atoms with Crippen molar-refractivity contribution >= 4 is 5.78 Å². The van der Waals surface area contributed by atoms with Gasteiger partial charge in [0.2, 0.25) is 0 Å². The summed E-state index contributed by atoms with van der Waals surface area (Å²) in [7, 11) is 0. The molecule has 1 heterocycles. The van der Waals surface area contributed by atoms with Crippen LogP contribution in [-0.4, -0.2) is 28.7 Å². The van der Waals surface area contributed by atoms with E-state index in [1.807, 2.05) is 13.0 Å². The lowest BCUT2D eigenvalue weighted by molar-refractivity contribution is -0.133. The first kappa shape index (κ1) is 11.8. The molecule has 3 heteroatoms. The molecule has 1 aliphatic carbocycles. The Hall–Kier alpha value is -0.670. The molecule has 90 valence electrons. The van der Waals surface area contributed by atoms with Gasteiger partial charge in [-0.25, -0.2) is 0 Å². The van der Waals surface area contributed by atoms with E-state index in [-0.39, 0.29) is 17.3 Å². The normalized spacial score (nSPS) is 39.2. The van der Waals surface area contributed by atoms with Crippen molar-refractivity contribution in [3.05, 3.63) is 11.6 Å². The SMILES string of the molecule is CC(O)C1C=C2C(C)(C)CC(=O)CC2(C)O1. The molecule has 0 radical (unpaired) electrons. The van der Waals surface area contributed by atoms with E-state index in [0.717, 1.165) is 0 Å². The fourth-order valence-electron chi connectivity index (χ4n) is 3.08. The molecule has 1 aliphatic heterocycles. The molecule has 16 heavy (non-hydrogen) atoms. The minimum absolute atomic E-state index is 0.145. The number of aliphatic hydroxyl groups excluding tert-OH is 1. The maximum atomic E-state index is 11.7. The third kappa shape index (κ3) is 1.72. The Morgan fingerprint density at radius 1 is 1.44 bits per heavy atom. The van der Waals surface area contributed by atoms with Gasteiger partial charge in [0, 0.05) is 12.8 Å². The zero-order valence-electron chi connectivity index (χ0n) is 10.4. The molecule has 1 fully saturated rings. The van der Waals surface area contributed by atoms with Crippen LogP contribution in [0.15, 0.2) is 11.6 Å². The highest BCUT2D eigenvalue weighted by atomic mass is 16.5. The lowest BCUT2D eigenvalue weighted by atomic mass is 9.66. The zero-order valence-corrected chi connectivity index (χ0v) is 10.4. The fourth-order valence-corrected chi connectivity index (χ4v) is 3.08. The van der Waals surface area contributed by atoms with Crippen LogP contribution in [0.2, 0.25) is 0 Å². The van der Waals surface area contributed by atoms with Crippen LogP contribution in [0.25, 0.3) is 0 Å². The molecule has 0 aromatic heterocycles. The second-order valence-electron chi connectivity index (χ2n) is 5.91. The Morgan fingerprint density at radius 3 is 2.62 bits per heavy atom. The molecule has 2 aliphatic rings. The molecule has 1 saturated carbocycles. The second kappa shape index (κ2) is 3.41. The van der Waals surface area contributed by atoms with Crippen LogP contribution < -0.4 is 0 Å². The number of hydrogen-bond donors (Lipinski definition) is 1. The number of ketones is 1. The lowest BCUT2D eigenvalue weighted by Crippen LogP contribution is -2.43. The van der Waals surface area contributed by atoms with Gasteiger partial charge in [-0.05, 0) is 24.8 Å². The third-order valence-electron chi connectivity index (χ3n) is 3.68. The van der Waals surface area contributed by atoms with Crippen molar-refractivity contribution < 1.29 is 14.6 Å². The Kier molecular flexibility index (Phi) is 2.52. The van der Waals surface area contributed by atoms with Gasteiger partial charge < -0.3 is 9.84 Å². The Bertz CT molecular complexity index is 354. The van der Waals surface area contributed by atoms with Crippen molar-refractivity contribution in [2.24, 2.45) is 5.41 Å². The van der Waals surface area contributed by atoms with Gasteiger partial charge in [0.05, 0.1) is 11.7 Å². The topological polar surface area (TPSA) is 46.5 Å². The number of rotatable bonds is 1. The van der Waals surface area contributed by atoms with Gasteiger partial charge in [0.25, 0.3) is 0 Å². The number of carbonyl (C=O) groups is 1. The van der Waals surface area contributed by atoms with Crippen LogP contribution in [0.1, 0.15) is 40.5 Å². The number of fused-ring (bicyclic) bond motifs is 1. The van der Waals surface area contributed by atoms with Gasteiger partial charge >= 0.3 is 0 Å². The molecule has 0 bridgehead atoms. The van der Waals surface area contributed by atoms with Gasteiger partial charge in [0.15, 0.2) is 0 Å². The fraction of sp³-hybridized carbons (Fsp3) is 0.769. The Labute approximate surface area is 96.5 Å².